The van der Waals surface area contributed by atoms with E-state index in [1.165, 1.54) is 7.11 Å². The normalized spacial score (nSPS) is 11.5. The van der Waals surface area contributed by atoms with Gasteiger partial charge in [-0.1, -0.05) is 12.1 Å². The number of carbonyl (C=O) groups excluding carboxylic acids is 1. The molecule has 5 nitrogen and oxygen atoms in total. The van der Waals surface area contributed by atoms with Crippen LogP contribution in [-0.2, 0) is 4.79 Å². The maximum atomic E-state index is 12.3. The van der Waals surface area contributed by atoms with Gasteiger partial charge in [0.1, 0.15) is 17.4 Å². The average molecular weight is 301 g/mol. The topological polar surface area (TPSA) is 65.4 Å². The lowest BCUT2D eigenvalue weighted by Crippen LogP contribution is -2.37. The number of nitriles is 1. The summed E-state index contributed by atoms with van der Waals surface area (Å²) in [6.45, 7) is 8.77. The second kappa shape index (κ2) is 7.51. The van der Waals surface area contributed by atoms with Crippen molar-refractivity contribution < 1.29 is 9.53 Å². The molecule has 0 saturated carbocycles. The quantitative estimate of drug-likeness (QED) is 0.670. The first-order chi connectivity index (χ1) is 10.3. The molecule has 22 heavy (non-hydrogen) atoms. The molecule has 1 amide bonds. The summed E-state index contributed by atoms with van der Waals surface area (Å²) in [7, 11) is 1.53. The van der Waals surface area contributed by atoms with Crippen LogP contribution in [0.15, 0.2) is 36.0 Å². The maximum Gasteiger partial charge on any atom is 0.267 e. The van der Waals surface area contributed by atoms with Crippen LogP contribution >= 0.6 is 0 Å². The van der Waals surface area contributed by atoms with E-state index in [-0.39, 0.29) is 11.1 Å². The van der Waals surface area contributed by atoms with Gasteiger partial charge in [-0.2, -0.15) is 5.26 Å². The summed E-state index contributed by atoms with van der Waals surface area (Å²) in [6, 6.07) is 9.05. The molecule has 1 rings (SSSR count). The van der Waals surface area contributed by atoms with Crippen molar-refractivity contribution in [1.29, 1.82) is 5.26 Å². The number of rotatable bonds is 5. The molecule has 0 radical (unpaired) electrons. The van der Waals surface area contributed by atoms with Crippen molar-refractivity contribution in [1.82, 2.24) is 4.90 Å². The van der Waals surface area contributed by atoms with Crippen molar-refractivity contribution in [2.75, 3.05) is 19.0 Å². The molecule has 0 unspecified atom stereocenters. The van der Waals surface area contributed by atoms with Crippen LogP contribution < -0.4 is 10.1 Å². The van der Waals surface area contributed by atoms with Crippen LogP contribution in [0.5, 0.6) is 5.75 Å². The molecule has 0 atom stereocenters. The zero-order chi connectivity index (χ0) is 16.8. The van der Waals surface area contributed by atoms with Gasteiger partial charge in [0.15, 0.2) is 0 Å². The molecule has 0 fully saturated rings. The molecular weight excluding hydrogens is 278 g/mol. The molecule has 0 aliphatic carbocycles. The van der Waals surface area contributed by atoms with Gasteiger partial charge in [0, 0.05) is 18.3 Å². The van der Waals surface area contributed by atoms with Crippen molar-refractivity contribution in [2.24, 2.45) is 0 Å². The Morgan fingerprint density at radius 1 is 1.41 bits per heavy atom. The lowest BCUT2D eigenvalue weighted by molar-refractivity contribution is -0.112. The van der Waals surface area contributed by atoms with Gasteiger partial charge in [0.05, 0.1) is 12.8 Å². The number of methoxy groups -OCH3 is 1. The number of nitrogens with zero attached hydrogens (tertiary/aromatic N) is 2. The smallest absolute Gasteiger partial charge is 0.267 e. The third kappa shape index (κ3) is 4.52. The van der Waals surface area contributed by atoms with Gasteiger partial charge in [-0.05, 0) is 39.8 Å². The van der Waals surface area contributed by atoms with E-state index in [1.54, 1.807) is 24.4 Å². The predicted molar refractivity (Wildman–Crippen MR) is 87.5 cm³/mol. The highest BCUT2D eigenvalue weighted by atomic mass is 16.5. The van der Waals surface area contributed by atoms with Gasteiger partial charge < -0.3 is 15.0 Å². The minimum atomic E-state index is -0.449. The molecule has 0 saturated heterocycles. The fraction of sp³-hybridized carbons (Fsp3) is 0.412. The van der Waals surface area contributed by atoms with Crippen molar-refractivity contribution in [3.05, 3.63) is 36.0 Å². The first-order valence-corrected chi connectivity index (χ1v) is 7.16. The van der Waals surface area contributed by atoms with Gasteiger partial charge in [0.2, 0.25) is 0 Å². The number of hydrogen-bond acceptors (Lipinski definition) is 4. The molecule has 5 heteroatoms. The Balaban J connectivity index is 3.01. The number of amides is 1. The van der Waals surface area contributed by atoms with Crippen LogP contribution in [0.2, 0.25) is 0 Å². The van der Waals surface area contributed by atoms with Gasteiger partial charge in [0.25, 0.3) is 5.91 Å². The molecule has 1 aromatic carbocycles. The Kier molecular flexibility index (Phi) is 6.00. The van der Waals surface area contributed by atoms with Crippen LogP contribution in [0.25, 0.3) is 0 Å². The van der Waals surface area contributed by atoms with Gasteiger partial charge >= 0.3 is 0 Å². The Morgan fingerprint density at radius 3 is 2.55 bits per heavy atom. The van der Waals surface area contributed by atoms with Gasteiger partial charge in [-0.15, -0.1) is 0 Å². The number of carbonyl (C=O) groups is 1. The second-order valence-corrected chi connectivity index (χ2v) is 5.77. The number of hydrogen-bond donors (Lipinski definition) is 1. The van der Waals surface area contributed by atoms with Crippen LogP contribution in [-0.4, -0.2) is 30.0 Å². The third-order valence-corrected chi connectivity index (χ3v) is 3.21. The van der Waals surface area contributed by atoms with Crippen LogP contribution in [0.3, 0.4) is 0 Å². The van der Waals surface area contributed by atoms with E-state index in [9.17, 15) is 10.1 Å². The Bertz CT molecular complexity index is 595. The zero-order valence-corrected chi connectivity index (χ0v) is 13.8. The third-order valence-electron chi connectivity index (χ3n) is 3.21. The molecule has 1 N–H and O–H groups in total. The number of anilines is 1. The van der Waals surface area contributed by atoms with E-state index < -0.39 is 5.91 Å². The van der Waals surface area contributed by atoms with Crippen molar-refractivity contribution in [3.63, 3.8) is 0 Å². The number of ether oxygens (including phenoxy) is 1. The summed E-state index contributed by atoms with van der Waals surface area (Å²) >= 11 is 0. The number of para-hydroxylation sites is 2. The molecule has 118 valence electrons. The fourth-order valence-electron chi connectivity index (χ4n) is 1.99. The Labute approximate surface area is 132 Å². The summed E-state index contributed by atoms with van der Waals surface area (Å²) in [6.07, 6.45) is 1.60. The van der Waals surface area contributed by atoms with Gasteiger partial charge in [-0.3, -0.25) is 4.79 Å². The molecule has 0 aromatic heterocycles. The summed E-state index contributed by atoms with van der Waals surface area (Å²) in [5.41, 5.74) is 0.430. The van der Waals surface area contributed by atoms with Crippen molar-refractivity contribution in [2.45, 2.75) is 33.2 Å². The number of nitrogens with one attached hydrogen (secondary N) is 1. The summed E-state index contributed by atoms with van der Waals surface area (Å²) in [4.78, 5) is 14.3. The maximum absolute atomic E-state index is 12.3. The highest BCUT2D eigenvalue weighted by Gasteiger charge is 2.20. The average Bonchev–Trinajstić information content (AvgIpc) is 2.47. The second-order valence-electron chi connectivity index (χ2n) is 5.77. The minimum Gasteiger partial charge on any atom is -0.495 e. The molecule has 0 aliphatic rings. The van der Waals surface area contributed by atoms with E-state index >= 15 is 0 Å². The summed E-state index contributed by atoms with van der Waals surface area (Å²) < 4.78 is 5.19. The van der Waals surface area contributed by atoms with E-state index in [1.807, 2.05) is 44.7 Å². The summed E-state index contributed by atoms with van der Waals surface area (Å²) in [5.74, 6) is 0.103. The van der Waals surface area contributed by atoms with E-state index in [4.69, 9.17) is 4.74 Å². The number of benzene rings is 1. The summed E-state index contributed by atoms with van der Waals surface area (Å²) in [5, 5.41) is 12.0. The monoisotopic (exact) mass is 301 g/mol. The van der Waals surface area contributed by atoms with Crippen LogP contribution in [0.1, 0.15) is 27.7 Å². The molecule has 0 spiro atoms. The highest BCUT2D eigenvalue weighted by Crippen LogP contribution is 2.23. The SMILES string of the molecule is CCN(/C=C(/C#N)C(=O)Nc1ccccc1OC)C(C)(C)C. The van der Waals surface area contributed by atoms with E-state index in [0.717, 1.165) is 0 Å². The lowest BCUT2D eigenvalue weighted by atomic mass is 10.1. The predicted octanol–water partition coefficient (Wildman–Crippen LogP) is 3.16. The standard InChI is InChI=1S/C17H23N3O2/c1-6-20(17(2,3)4)12-13(11-18)16(21)19-14-9-7-8-10-15(14)22-5/h7-10,12H,6H2,1-5H3,(H,19,21)/b13-12-. The highest BCUT2D eigenvalue weighted by molar-refractivity contribution is 6.07. The van der Waals surface area contributed by atoms with Gasteiger partial charge in [-0.25, -0.2) is 0 Å². The molecular formula is C17H23N3O2. The molecule has 1 aromatic rings. The first-order valence-electron chi connectivity index (χ1n) is 7.16. The van der Waals surface area contributed by atoms with E-state index in [0.29, 0.717) is 18.0 Å². The Hall–Kier alpha value is -2.48. The minimum absolute atomic E-state index is 0.0580. The Morgan fingerprint density at radius 2 is 2.05 bits per heavy atom. The van der Waals surface area contributed by atoms with Crippen molar-refractivity contribution >= 4 is 11.6 Å². The largest absolute Gasteiger partial charge is 0.495 e. The molecule has 0 aliphatic heterocycles. The molecule has 0 heterocycles. The fourth-order valence-corrected chi connectivity index (χ4v) is 1.99. The lowest BCUT2D eigenvalue weighted by Gasteiger charge is -2.33. The molecule has 0 bridgehead atoms. The zero-order valence-electron chi connectivity index (χ0n) is 13.8. The van der Waals surface area contributed by atoms with Crippen LogP contribution in [0, 0.1) is 11.3 Å². The van der Waals surface area contributed by atoms with Crippen molar-refractivity contribution in [3.8, 4) is 11.8 Å². The van der Waals surface area contributed by atoms with E-state index in [2.05, 4.69) is 5.32 Å². The first kappa shape index (κ1) is 17.6. The van der Waals surface area contributed by atoms with Crippen LogP contribution in [0.4, 0.5) is 5.69 Å².